The highest BCUT2D eigenvalue weighted by atomic mass is 16.5. The summed E-state index contributed by atoms with van der Waals surface area (Å²) in [6.07, 6.45) is 0. The minimum absolute atomic E-state index is 0.0537. The molecule has 0 aromatic heterocycles. The molecular formula is C26H29N3O4. The lowest BCUT2D eigenvalue weighted by atomic mass is 10.1. The van der Waals surface area contributed by atoms with Crippen molar-refractivity contribution in [2.24, 2.45) is 0 Å². The molecule has 1 atom stereocenters. The maximum absolute atomic E-state index is 12.8. The summed E-state index contributed by atoms with van der Waals surface area (Å²) in [5.41, 5.74) is 2.35. The van der Waals surface area contributed by atoms with Crippen LogP contribution in [-0.4, -0.2) is 44.0 Å². The largest absolute Gasteiger partial charge is 0.497 e. The minimum Gasteiger partial charge on any atom is -0.497 e. The van der Waals surface area contributed by atoms with Gasteiger partial charge in [0.05, 0.1) is 27.3 Å². The fraction of sp³-hybridized carbons (Fsp3) is 0.231. The maximum atomic E-state index is 12.8. The van der Waals surface area contributed by atoms with Crippen LogP contribution in [0.5, 0.6) is 11.5 Å². The highest BCUT2D eigenvalue weighted by Gasteiger charge is 2.22. The molecular weight excluding hydrogens is 418 g/mol. The van der Waals surface area contributed by atoms with E-state index in [0.29, 0.717) is 22.9 Å². The lowest BCUT2D eigenvalue weighted by molar-refractivity contribution is -0.120. The van der Waals surface area contributed by atoms with E-state index in [1.807, 2.05) is 42.2 Å². The summed E-state index contributed by atoms with van der Waals surface area (Å²) in [7, 11) is 3.18. The highest BCUT2D eigenvalue weighted by Crippen LogP contribution is 2.21. The number of nitrogens with one attached hydrogen (secondary N) is 2. The van der Waals surface area contributed by atoms with Gasteiger partial charge in [-0.3, -0.25) is 14.5 Å². The van der Waals surface area contributed by atoms with Crippen LogP contribution in [0.15, 0.2) is 78.9 Å². The van der Waals surface area contributed by atoms with Gasteiger partial charge in [-0.15, -0.1) is 0 Å². The molecule has 2 N–H and O–H groups in total. The third kappa shape index (κ3) is 7.08. The molecule has 172 valence electrons. The first-order chi connectivity index (χ1) is 16.0. The van der Waals surface area contributed by atoms with Crippen LogP contribution >= 0.6 is 0 Å². The summed E-state index contributed by atoms with van der Waals surface area (Å²) < 4.78 is 10.3. The Hall–Kier alpha value is -3.84. The number of benzene rings is 3. The predicted octanol–water partition coefficient (Wildman–Crippen LogP) is 4.34. The molecule has 0 spiro atoms. The van der Waals surface area contributed by atoms with Crippen molar-refractivity contribution in [3.8, 4) is 11.5 Å². The van der Waals surface area contributed by atoms with Crippen molar-refractivity contribution in [1.82, 2.24) is 4.90 Å². The molecule has 33 heavy (non-hydrogen) atoms. The fourth-order valence-corrected chi connectivity index (χ4v) is 3.39. The zero-order chi connectivity index (χ0) is 23.6. The van der Waals surface area contributed by atoms with E-state index in [2.05, 4.69) is 10.6 Å². The zero-order valence-electron chi connectivity index (χ0n) is 19.1. The van der Waals surface area contributed by atoms with Crippen LogP contribution in [0.3, 0.4) is 0 Å². The van der Waals surface area contributed by atoms with Crippen molar-refractivity contribution in [1.29, 1.82) is 0 Å². The van der Waals surface area contributed by atoms with Crippen LogP contribution in [0.25, 0.3) is 0 Å². The topological polar surface area (TPSA) is 79.9 Å². The molecule has 3 rings (SSSR count). The van der Waals surface area contributed by atoms with Gasteiger partial charge in [-0.25, -0.2) is 0 Å². The zero-order valence-corrected chi connectivity index (χ0v) is 19.1. The SMILES string of the molecule is COc1ccc(NC(=O)CN(CC(=O)Nc2ccc(OC)cc2)[C@H](C)c2ccccc2)cc1. The van der Waals surface area contributed by atoms with Crippen LogP contribution in [0, 0.1) is 0 Å². The standard InChI is InChI=1S/C26H29N3O4/c1-19(20-7-5-4-6-8-20)29(17-25(30)27-21-9-13-23(32-2)14-10-21)18-26(31)28-22-11-15-24(33-3)16-12-22/h4-16,19H,17-18H2,1-3H3,(H,27,30)(H,28,31)/t19-/m1/s1. The van der Waals surface area contributed by atoms with E-state index in [9.17, 15) is 9.59 Å². The van der Waals surface area contributed by atoms with Crippen molar-refractivity contribution in [3.05, 3.63) is 84.4 Å². The number of amides is 2. The van der Waals surface area contributed by atoms with Gasteiger partial charge < -0.3 is 20.1 Å². The van der Waals surface area contributed by atoms with Crippen LogP contribution in [0.2, 0.25) is 0 Å². The van der Waals surface area contributed by atoms with E-state index >= 15 is 0 Å². The Labute approximate surface area is 194 Å². The second-order valence-corrected chi connectivity index (χ2v) is 7.54. The van der Waals surface area contributed by atoms with Crippen molar-refractivity contribution < 1.29 is 19.1 Å². The number of carbonyl (C=O) groups excluding carboxylic acids is 2. The van der Waals surface area contributed by atoms with Gasteiger partial charge in [0, 0.05) is 17.4 Å². The fourth-order valence-electron chi connectivity index (χ4n) is 3.39. The summed E-state index contributed by atoms with van der Waals surface area (Å²) in [4.78, 5) is 27.4. The van der Waals surface area contributed by atoms with Crippen molar-refractivity contribution in [2.45, 2.75) is 13.0 Å². The van der Waals surface area contributed by atoms with Gasteiger partial charge in [-0.05, 0) is 61.0 Å². The minimum atomic E-state index is -0.208. The molecule has 3 aromatic rings. The third-order valence-corrected chi connectivity index (χ3v) is 5.27. The number of methoxy groups -OCH3 is 2. The second-order valence-electron chi connectivity index (χ2n) is 7.54. The van der Waals surface area contributed by atoms with Crippen molar-refractivity contribution in [3.63, 3.8) is 0 Å². The number of rotatable bonds is 10. The van der Waals surface area contributed by atoms with Crippen LogP contribution in [-0.2, 0) is 9.59 Å². The summed E-state index contributed by atoms with van der Waals surface area (Å²) in [6.45, 7) is 2.09. The quantitative estimate of drug-likeness (QED) is 0.483. The van der Waals surface area contributed by atoms with Crippen molar-refractivity contribution in [2.75, 3.05) is 37.9 Å². The number of hydrogen-bond donors (Lipinski definition) is 2. The van der Waals surface area contributed by atoms with Gasteiger partial charge in [0.1, 0.15) is 11.5 Å². The Balaban J connectivity index is 1.69. The first-order valence-electron chi connectivity index (χ1n) is 10.7. The van der Waals surface area contributed by atoms with E-state index in [1.54, 1.807) is 62.8 Å². The van der Waals surface area contributed by atoms with E-state index < -0.39 is 0 Å². The Morgan fingerprint density at radius 2 is 1.15 bits per heavy atom. The van der Waals surface area contributed by atoms with Crippen molar-refractivity contribution >= 4 is 23.2 Å². The second kappa shape index (κ2) is 11.7. The smallest absolute Gasteiger partial charge is 0.238 e. The molecule has 7 nitrogen and oxygen atoms in total. The van der Waals surface area contributed by atoms with Gasteiger partial charge >= 0.3 is 0 Å². The lowest BCUT2D eigenvalue weighted by Crippen LogP contribution is -2.40. The average Bonchev–Trinajstić information content (AvgIpc) is 2.84. The Morgan fingerprint density at radius 1 is 0.727 bits per heavy atom. The first kappa shape index (κ1) is 23.8. The lowest BCUT2D eigenvalue weighted by Gasteiger charge is -2.28. The molecule has 0 unspecified atom stereocenters. The molecule has 0 aliphatic heterocycles. The van der Waals surface area contributed by atoms with Gasteiger partial charge in [-0.1, -0.05) is 30.3 Å². The number of hydrogen-bond acceptors (Lipinski definition) is 5. The molecule has 0 saturated heterocycles. The maximum Gasteiger partial charge on any atom is 0.238 e. The van der Waals surface area contributed by atoms with Gasteiger partial charge in [0.25, 0.3) is 0 Å². The van der Waals surface area contributed by atoms with Gasteiger partial charge in [0.15, 0.2) is 0 Å². The molecule has 0 bridgehead atoms. The number of carbonyl (C=O) groups is 2. The first-order valence-corrected chi connectivity index (χ1v) is 10.7. The average molecular weight is 448 g/mol. The Bertz CT molecular complexity index is 974. The van der Waals surface area contributed by atoms with Crippen LogP contribution in [0.4, 0.5) is 11.4 Å². The molecule has 0 fully saturated rings. The van der Waals surface area contributed by atoms with Gasteiger partial charge in [-0.2, -0.15) is 0 Å². The summed E-state index contributed by atoms with van der Waals surface area (Å²) in [6, 6.07) is 23.9. The molecule has 2 amide bonds. The highest BCUT2D eigenvalue weighted by molar-refractivity contribution is 5.94. The Kier molecular flexibility index (Phi) is 8.43. The summed E-state index contributed by atoms with van der Waals surface area (Å²) in [5.74, 6) is 1.01. The normalized spacial score (nSPS) is 11.5. The Morgan fingerprint density at radius 3 is 1.55 bits per heavy atom. The molecule has 0 saturated carbocycles. The molecule has 0 aliphatic rings. The molecule has 0 aliphatic carbocycles. The molecule has 0 radical (unpaired) electrons. The summed E-state index contributed by atoms with van der Waals surface area (Å²) in [5, 5.41) is 5.77. The van der Waals surface area contributed by atoms with E-state index in [-0.39, 0.29) is 30.9 Å². The molecule has 7 heteroatoms. The van der Waals surface area contributed by atoms with E-state index in [1.165, 1.54) is 0 Å². The number of ether oxygens (including phenoxy) is 2. The van der Waals surface area contributed by atoms with Crippen LogP contribution < -0.4 is 20.1 Å². The monoisotopic (exact) mass is 447 g/mol. The predicted molar refractivity (Wildman–Crippen MR) is 130 cm³/mol. The molecule has 3 aromatic carbocycles. The summed E-state index contributed by atoms with van der Waals surface area (Å²) >= 11 is 0. The number of anilines is 2. The molecule has 0 heterocycles. The van der Waals surface area contributed by atoms with Gasteiger partial charge in [0.2, 0.25) is 11.8 Å². The number of nitrogens with zero attached hydrogens (tertiary/aromatic N) is 1. The third-order valence-electron chi connectivity index (χ3n) is 5.27. The van der Waals surface area contributed by atoms with E-state index in [4.69, 9.17) is 9.47 Å². The van der Waals surface area contributed by atoms with Crippen LogP contribution in [0.1, 0.15) is 18.5 Å². The van der Waals surface area contributed by atoms with E-state index in [0.717, 1.165) is 5.56 Å².